The second kappa shape index (κ2) is 6.60. The minimum atomic E-state index is 0.694. The first-order valence-corrected chi connectivity index (χ1v) is 7.83. The van der Waals surface area contributed by atoms with Crippen LogP contribution in [0, 0.1) is 0 Å². The Labute approximate surface area is 144 Å². The van der Waals surface area contributed by atoms with Crippen LogP contribution in [0.15, 0.2) is 72.0 Å². The number of aromatic nitrogens is 4. The van der Waals surface area contributed by atoms with Crippen molar-refractivity contribution in [3.8, 4) is 28.6 Å². The molecule has 0 fully saturated rings. The number of rotatable bonds is 5. The number of furan rings is 1. The molecular formula is C19H16N4O2. The van der Waals surface area contributed by atoms with E-state index in [1.54, 1.807) is 25.9 Å². The van der Waals surface area contributed by atoms with E-state index in [0.717, 1.165) is 28.4 Å². The van der Waals surface area contributed by atoms with E-state index in [1.165, 1.54) is 6.33 Å². The van der Waals surface area contributed by atoms with Gasteiger partial charge in [0.2, 0.25) is 0 Å². The number of ether oxygens (including phenoxy) is 1. The molecule has 0 saturated carbocycles. The van der Waals surface area contributed by atoms with Crippen LogP contribution in [0.3, 0.4) is 0 Å². The van der Waals surface area contributed by atoms with Crippen LogP contribution in [0.4, 0.5) is 0 Å². The molecule has 0 bridgehead atoms. The SMILES string of the molecule is COc1ccc(Cn2cncc2-c2cc(-c3ccco3)ncn2)cc1. The lowest BCUT2D eigenvalue weighted by Crippen LogP contribution is -2.01. The molecule has 6 nitrogen and oxygen atoms in total. The fourth-order valence-electron chi connectivity index (χ4n) is 2.64. The molecular weight excluding hydrogens is 316 g/mol. The van der Waals surface area contributed by atoms with Gasteiger partial charge in [0.1, 0.15) is 17.8 Å². The van der Waals surface area contributed by atoms with Crippen molar-refractivity contribution in [2.45, 2.75) is 6.54 Å². The topological polar surface area (TPSA) is 66.0 Å². The highest BCUT2D eigenvalue weighted by Crippen LogP contribution is 2.23. The maximum Gasteiger partial charge on any atom is 0.152 e. The summed E-state index contributed by atoms with van der Waals surface area (Å²) in [4.78, 5) is 12.9. The monoisotopic (exact) mass is 332 g/mol. The number of benzene rings is 1. The van der Waals surface area contributed by atoms with Crippen LogP contribution in [0.1, 0.15) is 5.56 Å². The normalized spacial score (nSPS) is 10.8. The molecule has 0 aliphatic rings. The number of imidazole rings is 1. The predicted octanol–water partition coefficient (Wildman–Crippen LogP) is 3.66. The molecule has 0 aliphatic heterocycles. The molecule has 0 unspecified atom stereocenters. The van der Waals surface area contributed by atoms with E-state index in [2.05, 4.69) is 19.5 Å². The molecule has 4 aromatic rings. The van der Waals surface area contributed by atoms with Crippen molar-refractivity contribution in [2.75, 3.05) is 7.11 Å². The van der Waals surface area contributed by atoms with E-state index >= 15 is 0 Å². The number of methoxy groups -OCH3 is 1. The van der Waals surface area contributed by atoms with Gasteiger partial charge in [-0.15, -0.1) is 0 Å². The molecule has 0 aliphatic carbocycles. The van der Waals surface area contributed by atoms with Crippen molar-refractivity contribution in [2.24, 2.45) is 0 Å². The lowest BCUT2D eigenvalue weighted by Gasteiger charge is -2.09. The highest BCUT2D eigenvalue weighted by molar-refractivity contribution is 5.62. The molecule has 4 rings (SSSR count). The van der Waals surface area contributed by atoms with Gasteiger partial charge >= 0.3 is 0 Å². The largest absolute Gasteiger partial charge is 0.497 e. The highest BCUT2D eigenvalue weighted by Gasteiger charge is 2.10. The Morgan fingerprint density at radius 2 is 1.92 bits per heavy atom. The van der Waals surface area contributed by atoms with Crippen LogP contribution in [0.2, 0.25) is 0 Å². The molecule has 0 spiro atoms. The summed E-state index contributed by atoms with van der Waals surface area (Å²) >= 11 is 0. The molecule has 6 heteroatoms. The Morgan fingerprint density at radius 1 is 1.08 bits per heavy atom. The summed E-state index contributed by atoms with van der Waals surface area (Å²) < 4.78 is 12.7. The first kappa shape index (κ1) is 15.1. The van der Waals surface area contributed by atoms with Crippen molar-refractivity contribution in [1.82, 2.24) is 19.5 Å². The summed E-state index contributed by atoms with van der Waals surface area (Å²) in [6, 6.07) is 13.6. The van der Waals surface area contributed by atoms with E-state index in [0.29, 0.717) is 12.3 Å². The molecule has 25 heavy (non-hydrogen) atoms. The molecule has 0 amide bonds. The summed E-state index contributed by atoms with van der Waals surface area (Å²) in [5.74, 6) is 1.55. The van der Waals surface area contributed by atoms with Crippen LogP contribution < -0.4 is 4.74 Å². The zero-order valence-corrected chi connectivity index (χ0v) is 13.7. The third-order valence-corrected chi connectivity index (χ3v) is 3.93. The number of nitrogens with zero attached hydrogens (tertiary/aromatic N) is 4. The van der Waals surface area contributed by atoms with Crippen molar-refractivity contribution in [1.29, 1.82) is 0 Å². The van der Waals surface area contributed by atoms with E-state index in [9.17, 15) is 0 Å². The lowest BCUT2D eigenvalue weighted by atomic mass is 10.2. The Morgan fingerprint density at radius 3 is 2.68 bits per heavy atom. The summed E-state index contributed by atoms with van der Waals surface area (Å²) in [5.41, 5.74) is 3.62. The van der Waals surface area contributed by atoms with Crippen molar-refractivity contribution in [3.63, 3.8) is 0 Å². The molecule has 124 valence electrons. The van der Waals surface area contributed by atoms with E-state index < -0.39 is 0 Å². The Balaban J connectivity index is 1.64. The van der Waals surface area contributed by atoms with Gasteiger partial charge in [-0.25, -0.2) is 15.0 Å². The van der Waals surface area contributed by atoms with E-state index in [1.807, 2.05) is 42.5 Å². The van der Waals surface area contributed by atoms with Crippen LogP contribution in [0.5, 0.6) is 5.75 Å². The summed E-state index contributed by atoms with van der Waals surface area (Å²) in [7, 11) is 1.66. The average molecular weight is 332 g/mol. The third-order valence-electron chi connectivity index (χ3n) is 3.93. The van der Waals surface area contributed by atoms with Crippen LogP contribution in [-0.2, 0) is 6.54 Å². The van der Waals surface area contributed by atoms with Crippen molar-refractivity contribution in [3.05, 3.63) is 73.1 Å². The minimum Gasteiger partial charge on any atom is -0.497 e. The minimum absolute atomic E-state index is 0.694. The van der Waals surface area contributed by atoms with Crippen LogP contribution >= 0.6 is 0 Å². The van der Waals surface area contributed by atoms with Gasteiger partial charge in [-0.1, -0.05) is 12.1 Å². The number of hydrogen-bond donors (Lipinski definition) is 0. The maximum absolute atomic E-state index is 5.42. The quantitative estimate of drug-likeness (QED) is 0.558. The predicted molar refractivity (Wildman–Crippen MR) is 93.1 cm³/mol. The second-order valence-electron chi connectivity index (χ2n) is 5.52. The molecule has 3 heterocycles. The maximum atomic E-state index is 5.42. The third kappa shape index (κ3) is 3.14. The van der Waals surface area contributed by atoms with Crippen LogP contribution in [-0.4, -0.2) is 26.6 Å². The molecule has 1 aromatic carbocycles. The van der Waals surface area contributed by atoms with E-state index in [4.69, 9.17) is 9.15 Å². The zero-order valence-electron chi connectivity index (χ0n) is 13.7. The van der Waals surface area contributed by atoms with Crippen LogP contribution in [0.25, 0.3) is 22.8 Å². The highest BCUT2D eigenvalue weighted by atomic mass is 16.5. The summed E-state index contributed by atoms with van der Waals surface area (Å²) in [5, 5.41) is 0. The average Bonchev–Trinajstić information content (AvgIpc) is 3.35. The number of hydrogen-bond acceptors (Lipinski definition) is 5. The van der Waals surface area contributed by atoms with Crippen molar-refractivity contribution < 1.29 is 9.15 Å². The Hall–Kier alpha value is -3.41. The fraction of sp³-hybridized carbons (Fsp3) is 0.105. The van der Waals surface area contributed by atoms with Gasteiger partial charge in [-0.3, -0.25) is 0 Å². The molecule has 3 aromatic heterocycles. The molecule has 0 radical (unpaired) electrons. The molecule has 0 saturated heterocycles. The first-order valence-electron chi connectivity index (χ1n) is 7.83. The summed E-state index contributed by atoms with van der Waals surface area (Å²) in [6.45, 7) is 0.694. The molecule has 0 N–H and O–H groups in total. The van der Waals surface area contributed by atoms with Gasteiger partial charge in [0, 0.05) is 6.54 Å². The Bertz CT molecular complexity index is 959. The van der Waals surface area contributed by atoms with Gasteiger partial charge in [0.25, 0.3) is 0 Å². The van der Waals surface area contributed by atoms with Gasteiger partial charge in [-0.2, -0.15) is 0 Å². The van der Waals surface area contributed by atoms with Gasteiger partial charge in [0.15, 0.2) is 5.76 Å². The van der Waals surface area contributed by atoms with Gasteiger partial charge in [0.05, 0.1) is 37.3 Å². The standard InChI is InChI=1S/C19H16N4O2/c1-24-15-6-4-14(5-7-15)11-23-13-20-10-18(23)16-9-17(22-12-21-16)19-3-2-8-25-19/h2-10,12-13H,11H2,1H3. The second-order valence-corrected chi connectivity index (χ2v) is 5.52. The first-order chi connectivity index (χ1) is 12.3. The van der Waals surface area contributed by atoms with Crippen molar-refractivity contribution >= 4 is 0 Å². The summed E-state index contributed by atoms with van der Waals surface area (Å²) in [6.07, 6.45) is 6.77. The fourth-order valence-corrected chi connectivity index (χ4v) is 2.64. The van der Waals surface area contributed by atoms with Gasteiger partial charge in [-0.05, 0) is 35.9 Å². The zero-order chi connectivity index (χ0) is 17.1. The smallest absolute Gasteiger partial charge is 0.152 e. The molecule has 0 atom stereocenters. The lowest BCUT2D eigenvalue weighted by molar-refractivity contribution is 0.414. The Kier molecular flexibility index (Phi) is 4.00. The van der Waals surface area contributed by atoms with E-state index in [-0.39, 0.29) is 0 Å². The van der Waals surface area contributed by atoms with Gasteiger partial charge < -0.3 is 13.7 Å².